The first-order valence-electron chi connectivity index (χ1n) is 11.3. The Labute approximate surface area is 215 Å². The summed E-state index contributed by atoms with van der Waals surface area (Å²) in [5.74, 6) is 0.927. The number of para-hydroxylation sites is 1. The third-order valence-electron chi connectivity index (χ3n) is 5.38. The maximum absolute atomic E-state index is 13.2. The maximum atomic E-state index is 13.2. The first-order valence-corrected chi connectivity index (χ1v) is 12.1. The van der Waals surface area contributed by atoms with Gasteiger partial charge in [-0.1, -0.05) is 71.7 Å². The van der Waals surface area contributed by atoms with Crippen molar-refractivity contribution in [3.8, 4) is 17.0 Å². The number of nitrogens with zero attached hydrogens (tertiary/aromatic N) is 2. The number of aryl methyl sites for hydroxylation is 2. The summed E-state index contributed by atoms with van der Waals surface area (Å²) in [5.41, 5.74) is 3.29. The molecule has 0 aliphatic carbocycles. The Bertz CT molecular complexity index is 1280. The molecule has 7 heteroatoms. The van der Waals surface area contributed by atoms with Crippen LogP contribution in [0.1, 0.15) is 33.9 Å². The van der Waals surface area contributed by atoms with Crippen molar-refractivity contribution in [1.82, 2.24) is 15.3 Å². The molecule has 0 fully saturated rings. The van der Waals surface area contributed by atoms with Gasteiger partial charge >= 0.3 is 0 Å². The molecule has 0 unspecified atom stereocenters. The van der Waals surface area contributed by atoms with Crippen molar-refractivity contribution < 1.29 is 9.53 Å². The Morgan fingerprint density at radius 3 is 2.26 bits per heavy atom. The van der Waals surface area contributed by atoms with Gasteiger partial charge in [-0.05, 0) is 55.7 Å². The zero-order chi connectivity index (χ0) is 24.6. The fourth-order valence-corrected chi connectivity index (χ4v) is 4.28. The van der Waals surface area contributed by atoms with Gasteiger partial charge in [0.05, 0.1) is 17.0 Å². The third kappa shape index (κ3) is 6.81. The van der Waals surface area contributed by atoms with Gasteiger partial charge in [0.15, 0.2) is 5.82 Å². The first kappa shape index (κ1) is 24.7. The molecule has 35 heavy (non-hydrogen) atoms. The minimum absolute atomic E-state index is 0.158. The topological polar surface area (TPSA) is 64.1 Å². The highest BCUT2D eigenvalue weighted by molar-refractivity contribution is 6.35. The molecule has 1 aromatic heterocycles. The summed E-state index contributed by atoms with van der Waals surface area (Å²) in [6.07, 6.45) is 1.69. The molecule has 0 aliphatic rings. The van der Waals surface area contributed by atoms with Gasteiger partial charge < -0.3 is 10.1 Å². The summed E-state index contributed by atoms with van der Waals surface area (Å²) < 4.78 is 5.83. The SMILES string of the molecule is Cc1nc(COc2ccccc2)nc(-c2cc(Cl)cc(Cl)c2)c1C(=O)NCCCc1ccccc1. The monoisotopic (exact) mass is 505 g/mol. The van der Waals surface area contributed by atoms with E-state index in [9.17, 15) is 4.79 Å². The number of carbonyl (C=O) groups excluding carboxylic acids is 1. The molecule has 0 saturated carbocycles. The number of hydrogen-bond donors (Lipinski definition) is 1. The number of carbonyl (C=O) groups is 1. The zero-order valence-corrected chi connectivity index (χ0v) is 20.8. The lowest BCUT2D eigenvalue weighted by atomic mass is 10.0. The van der Waals surface area contributed by atoms with E-state index in [1.54, 1.807) is 25.1 Å². The van der Waals surface area contributed by atoms with Gasteiger partial charge in [-0.3, -0.25) is 4.79 Å². The van der Waals surface area contributed by atoms with Crippen LogP contribution in [0, 0.1) is 6.92 Å². The molecule has 4 rings (SSSR count). The molecular weight excluding hydrogens is 481 g/mol. The Morgan fingerprint density at radius 1 is 0.914 bits per heavy atom. The smallest absolute Gasteiger partial charge is 0.255 e. The van der Waals surface area contributed by atoms with E-state index in [0.29, 0.717) is 50.7 Å². The van der Waals surface area contributed by atoms with Crippen LogP contribution in [0.15, 0.2) is 78.9 Å². The van der Waals surface area contributed by atoms with E-state index in [0.717, 1.165) is 12.8 Å². The average Bonchev–Trinajstić information content (AvgIpc) is 2.85. The van der Waals surface area contributed by atoms with Crippen molar-refractivity contribution in [3.05, 3.63) is 112 Å². The number of benzene rings is 3. The van der Waals surface area contributed by atoms with E-state index in [2.05, 4.69) is 27.4 Å². The Kier molecular flexibility index (Phi) is 8.35. The molecule has 1 heterocycles. The number of nitrogens with one attached hydrogen (secondary N) is 1. The molecule has 0 atom stereocenters. The van der Waals surface area contributed by atoms with Crippen molar-refractivity contribution in [2.45, 2.75) is 26.4 Å². The molecule has 1 amide bonds. The molecule has 5 nitrogen and oxygen atoms in total. The van der Waals surface area contributed by atoms with Gasteiger partial charge in [0, 0.05) is 22.2 Å². The van der Waals surface area contributed by atoms with Crippen LogP contribution >= 0.6 is 23.2 Å². The summed E-state index contributed by atoms with van der Waals surface area (Å²) in [6, 6.07) is 24.7. The van der Waals surface area contributed by atoms with E-state index in [1.807, 2.05) is 48.5 Å². The van der Waals surface area contributed by atoms with Crippen LogP contribution in [0.4, 0.5) is 0 Å². The molecule has 4 aromatic rings. The summed E-state index contributed by atoms with van der Waals surface area (Å²) in [4.78, 5) is 22.5. The number of halogens is 2. The number of aromatic nitrogens is 2. The molecular formula is C28H25Cl2N3O2. The summed E-state index contributed by atoms with van der Waals surface area (Å²) in [6.45, 7) is 2.48. The van der Waals surface area contributed by atoms with Gasteiger partial charge in [-0.15, -0.1) is 0 Å². The van der Waals surface area contributed by atoms with Crippen LogP contribution in [0.5, 0.6) is 5.75 Å². The molecule has 1 N–H and O–H groups in total. The van der Waals surface area contributed by atoms with Crippen molar-refractivity contribution in [1.29, 1.82) is 0 Å². The van der Waals surface area contributed by atoms with Crippen LogP contribution in [0.3, 0.4) is 0 Å². The fraction of sp³-hybridized carbons (Fsp3) is 0.179. The standard InChI is InChI=1S/C28H25Cl2N3O2/c1-19-26(28(34)31-14-8-11-20-9-4-2-5-10-20)27(21-15-22(29)17-23(30)16-21)33-25(32-19)18-35-24-12-6-3-7-13-24/h2-7,9-10,12-13,15-17H,8,11,14,18H2,1H3,(H,31,34). The Hall–Kier alpha value is -3.41. The number of ether oxygens (including phenoxy) is 1. The van der Waals surface area contributed by atoms with E-state index in [4.69, 9.17) is 27.9 Å². The van der Waals surface area contributed by atoms with Crippen LogP contribution in [-0.4, -0.2) is 22.4 Å². The highest BCUT2D eigenvalue weighted by Gasteiger charge is 2.21. The first-order chi connectivity index (χ1) is 17.0. The quantitative estimate of drug-likeness (QED) is 0.257. The summed E-state index contributed by atoms with van der Waals surface area (Å²) >= 11 is 12.5. The Balaban J connectivity index is 1.57. The minimum atomic E-state index is -0.239. The minimum Gasteiger partial charge on any atom is -0.486 e. The number of amides is 1. The molecule has 0 radical (unpaired) electrons. The molecule has 178 valence electrons. The number of rotatable bonds is 9. The summed E-state index contributed by atoms with van der Waals surface area (Å²) in [5, 5.41) is 3.93. The molecule has 3 aromatic carbocycles. The number of hydrogen-bond acceptors (Lipinski definition) is 4. The Morgan fingerprint density at radius 2 is 1.57 bits per heavy atom. The van der Waals surface area contributed by atoms with Crippen LogP contribution in [0.25, 0.3) is 11.3 Å². The van der Waals surface area contributed by atoms with Crippen molar-refractivity contribution in [3.63, 3.8) is 0 Å². The van der Waals surface area contributed by atoms with Gasteiger partial charge in [0.25, 0.3) is 5.91 Å². The van der Waals surface area contributed by atoms with Gasteiger partial charge in [-0.2, -0.15) is 0 Å². The molecule has 0 aliphatic heterocycles. The fourth-order valence-electron chi connectivity index (χ4n) is 3.76. The largest absolute Gasteiger partial charge is 0.486 e. The van der Waals surface area contributed by atoms with Gasteiger partial charge in [0.1, 0.15) is 12.4 Å². The second-order valence-electron chi connectivity index (χ2n) is 8.05. The zero-order valence-electron chi connectivity index (χ0n) is 19.3. The van der Waals surface area contributed by atoms with Gasteiger partial charge in [0.2, 0.25) is 0 Å². The third-order valence-corrected chi connectivity index (χ3v) is 5.82. The lowest BCUT2D eigenvalue weighted by molar-refractivity contribution is 0.0952. The highest BCUT2D eigenvalue weighted by atomic mass is 35.5. The van der Waals surface area contributed by atoms with E-state index >= 15 is 0 Å². The van der Waals surface area contributed by atoms with Gasteiger partial charge in [-0.25, -0.2) is 9.97 Å². The molecule has 0 bridgehead atoms. The normalized spacial score (nSPS) is 10.7. The molecule has 0 spiro atoms. The van der Waals surface area contributed by atoms with Crippen LogP contribution in [0.2, 0.25) is 10.0 Å². The van der Waals surface area contributed by atoms with Crippen LogP contribution < -0.4 is 10.1 Å². The van der Waals surface area contributed by atoms with Crippen LogP contribution in [-0.2, 0) is 13.0 Å². The predicted molar refractivity (Wildman–Crippen MR) is 140 cm³/mol. The predicted octanol–water partition coefficient (Wildman–Crippen LogP) is 6.70. The van der Waals surface area contributed by atoms with E-state index in [1.165, 1.54) is 5.56 Å². The average molecular weight is 506 g/mol. The molecule has 0 saturated heterocycles. The lowest BCUT2D eigenvalue weighted by Crippen LogP contribution is -2.27. The second kappa shape index (κ2) is 11.8. The van der Waals surface area contributed by atoms with E-state index in [-0.39, 0.29) is 12.5 Å². The van der Waals surface area contributed by atoms with Crippen molar-refractivity contribution in [2.24, 2.45) is 0 Å². The maximum Gasteiger partial charge on any atom is 0.255 e. The second-order valence-corrected chi connectivity index (χ2v) is 8.93. The van der Waals surface area contributed by atoms with E-state index < -0.39 is 0 Å². The summed E-state index contributed by atoms with van der Waals surface area (Å²) in [7, 11) is 0. The van der Waals surface area contributed by atoms with Crippen molar-refractivity contribution >= 4 is 29.1 Å². The highest BCUT2D eigenvalue weighted by Crippen LogP contribution is 2.30. The lowest BCUT2D eigenvalue weighted by Gasteiger charge is -2.15. The van der Waals surface area contributed by atoms with Crippen molar-refractivity contribution in [2.75, 3.05) is 6.54 Å².